The lowest BCUT2D eigenvalue weighted by Crippen LogP contribution is -2.37. The Kier molecular flexibility index (Phi) is 8.04. The molecule has 37 heavy (non-hydrogen) atoms. The van der Waals surface area contributed by atoms with Crippen LogP contribution in [0.2, 0.25) is 5.02 Å². The van der Waals surface area contributed by atoms with Crippen LogP contribution in [-0.2, 0) is 11.3 Å². The molecule has 0 radical (unpaired) electrons. The number of benzene rings is 3. The molecule has 3 aromatic carbocycles. The molecule has 188 valence electrons. The summed E-state index contributed by atoms with van der Waals surface area (Å²) in [6.45, 7) is 3.05. The Bertz CT molecular complexity index is 1350. The summed E-state index contributed by atoms with van der Waals surface area (Å²) in [5, 5.41) is 8.26. The minimum Gasteiger partial charge on any atom is -0.489 e. The quantitative estimate of drug-likeness (QED) is 0.234. The molecule has 0 unspecified atom stereocenters. The third kappa shape index (κ3) is 6.93. The topological polar surface area (TPSA) is 96.8 Å². The molecular weight excluding hydrogens is 490 g/mol. The Morgan fingerprint density at radius 2 is 1.70 bits per heavy atom. The van der Waals surface area contributed by atoms with Gasteiger partial charge in [0.25, 0.3) is 0 Å². The number of rotatable bonds is 9. The maximum Gasteiger partial charge on any atom is 0.250 e. The van der Waals surface area contributed by atoms with Crippen molar-refractivity contribution >= 4 is 41.3 Å². The van der Waals surface area contributed by atoms with E-state index >= 15 is 0 Å². The molecule has 9 nitrogen and oxygen atoms in total. The number of nitrogens with zero attached hydrogens (tertiary/aromatic N) is 5. The number of para-hydroxylation sites is 1. The maximum absolute atomic E-state index is 6.23. The smallest absolute Gasteiger partial charge is 0.250 e. The van der Waals surface area contributed by atoms with Gasteiger partial charge in [-0.15, -0.1) is 0 Å². The SMILES string of the molecule is Clc1ccccc1COc1cccc(/C=N/Nc2nc(Nc3ccccc3)nc(N3CCOCC3)n2)c1. The summed E-state index contributed by atoms with van der Waals surface area (Å²) >= 11 is 6.23. The lowest BCUT2D eigenvalue weighted by molar-refractivity contribution is 0.122. The fourth-order valence-electron chi connectivity index (χ4n) is 3.65. The van der Waals surface area contributed by atoms with E-state index in [2.05, 4.69) is 35.7 Å². The van der Waals surface area contributed by atoms with Crippen LogP contribution >= 0.6 is 11.6 Å². The van der Waals surface area contributed by atoms with Gasteiger partial charge in [0.2, 0.25) is 17.8 Å². The van der Waals surface area contributed by atoms with E-state index in [0.717, 1.165) is 16.8 Å². The number of hydrogen-bond acceptors (Lipinski definition) is 9. The first-order valence-corrected chi connectivity index (χ1v) is 12.3. The molecule has 0 saturated carbocycles. The molecule has 1 aliphatic rings. The van der Waals surface area contributed by atoms with Crippen LogP contribution in [0.3, 0.4) is 0 Å². The second kappa shape index (κ2) is 12.2. The number of hydrazone groups is 1. The average Bonchev–Trinajstić information content (AvgIpc) is 2.94. The normalized spacial score (nSPS) is 13.5. The van der Waals surface area contributed by atoms with Crippen molar-refractivity contribution in [1.82, 2.24) is 15.0 Å². The lowest BCUT2D eigenvalue weighted by atomic mass is 10.2. The number of halogens is 1. The van der Waals surface area contributed by atoms with Gasteiger partial charge in [0, 0.05) is 29.4 Å². The van der Waals surface area contributed by atoms with Crippen LogP contribution < -0.4 is 20.4 Å². The molecule has 0 amide bonds. The van der Waals surface area contributed by atoms with Gasteiger partial charge in [0.05, 0.1) is 19.4 Å². The van der Waals surface area contributed by atoms with Gasteiger partial charge < -0.3 is 19.7 Å². The van der Waals surface area contributed by atoms with Crippen molar-refractivity contribution in [2.45, 2.75) is 6.61 Å². The minimum absolute atomic E-state index is 0.331. The van der Waals surface area contributed by atoms with Gasteiger partial charge in [0.1, 0.15) is 12.4 Å². The van der Waals surface area contributed by atoms with Crippen LogP contribution in [0.1, 0.15) is 11.1 Å². The Labute approximate surface area is 220 Å². The van der Waals surface area contributed by atoms with Crippen molar-refractivity contribution in [3.63, 3.8) is 0 Å². The summed E-state index contributed by atoms with van der Waals surface area (Å²) in [5.41, 5.74) is 5.60. The molecule has 0 atom stereocenters. The highest BCUT2D eigenvalue weighted by molar-refractivity contribution is 6.31. The molecule has 5 rings (SSSR count). The summed E-state index contributed by atoms with van der Waals surface area (Å²) in [6, 6.07) is 25.0. The minimum atomic E-state index is 0.331. The summed E-state index contributed by atoms with van der Waals surface area (Å²) in [5.74, 6) is 2.03. The van der Waals surface area contributed by atoms with E-state index in [1.807, 2.05) is 78.9 Å². The monoisotopic (exact) mass is 515 g/mol. The molecule has 4 aromatic rings. The molecule has 0 bridgehead atoms. The van der Waals surface area contributed by atoms with Crippen molar-refractivity contribution < 1.29 is 9.47 Å². The Morgan fingerprint density at radius 1 is 0.919 bits per heavy atom. The lowest BCUT2D eigenvalue weighted by Gasteiger charge is -2.27. The third-order valence-corrected chi connectivity index (χ3v) is 5.90. The van der Waals surface area contributed by atoms with Crippen molar-refractivity contribution in [2.75, 3.05) is 41.9 Å². The van der Waals surface area contributed by atoms with Gasteiger partial charge in [0.15, 0.2) is 0 Å². The van der Waals surface area contributed by atoms with Crippen molar-refractivity contribution in [3.05, 3.63) is 95.0 Å². The van der Waals surface area contributed by atoms with Gasteiger partial charge >= 0.3 is 0 Å². The first-order chi connectivity index (χ1) is 18.2. The second-order valence-electron chi connectivity index (χ2n) is 8.20. The van der Waals surface area contributed by atoms with Gasteiger partial charge in [-0.05, 0) is 35.9 Å². The summed E-state index contributed by atoms with van der Waals surface area (Å²) in [6.07, 6.45) is 1.69. The van der Waals surface area contributed by atoms with E-state index in [1.165, 1.54) is 0 Å². The molecule has 2 heterocycles. The molecule has 0 aliphatic carbocycles. The van der Waals surface area contributed by atoms with Gasteiger partial charge in [-0.3, -0.25) is 0 Å². The molecule has 1 fully saturated rings. The predicted molar refractivity (Wildman–Crippen MR) is 146 cm³/mol. The van der Waals surface area contributed by atoms with Crippen molar-refractivity contribution in [3.8, 4) is 5.75 Å². The Morgan fingerprint density at radius 3 is 2.54 bits per heavy atom. The van der Waals surface area contributed by atoms with Crippen molar-refractivity contribution in [1.29, 1.82) is 0 Å². The number of ether oxygens (including phenoxy) is 2. The highest BCUT2D eigenvalue weighted by atomic mass is 35.5. The van der Waals surface area contributed by atoms with Crippen LogP contribution in [0.25, 0.3) is 0 Å². The standard InChI is InChI=1S/C27H26ClN7O2/c28-24-12-5-4-8-21(24)19-37-23-11-6-7-20(17-23)18-29-34-26-31-25(30-22-9-2-1-3-10-22)32-27(33-26)35-13-15-36-16-14-35/h1-12,17-18H,13-16,19H2,(H2,30,31,32,33,34)/b29-18+. The zero-order chi connectivity index (χ0) is 25.3. The molecule has 0 spiro atoms. The summed E-state index contributed by atoms with van der Waals surface area (Å²) < 4.78 is 11.4. The molecule has 1 saturated heterocycles. The molecule has 10 heteroatoms. The third-order valence-electron chi connectivity index (χ3n) is 5.54. The van der Waals surface area contributed by atoms with Crippen LogP contribution in [0.5, 0.6) is 5.75 Å². The molecule has 2 N–H and O–H groups in total. The average molecular weight is 516 g/mol. The van der Waals surface area contributed by atoms with Crippen molar-refractivity contribution in [2.24, 2.45) is 5.10 Å². The summed E-state index contributed by atoms with van der Waals surface area (Å²) in [7, 11) is 0. The second-order valence-corrected chi connectivity index (χ2v) is 8.60. The number of nitrogens with one attached hydrogen (secondary N) is 2. The highest BCUT2D eigenvalue weighted by Gasteiger charge is 2.16. The Hall–Kier alpha value is -4.21. The number of anilines is 4. The fraction of sp³-hybridized carbons (Fsp3) is 0.185. The van der Waals surface area contributed by atoms with Gasteiger partial charge in [-0.25, -0.2) is 5.43 Å². The van der Waals surface area contributed by atoms with E-state index < -0.39 is 0 Å². The molecule has 1 aliphatic heterocycles. The largest absolute Gasteiger partial charge is 0.489 e. The number of hydrogen-bond donors (Lipinski definition) is 2. The zero-order valence-corrected chi connectivity index (χ0v) is 20.8. The summed E-state index contributed by atoms with van der Waals surface area (Å²) in [4.78, 5) is 15.7. The van der Waals surface area contributed by atoms with Crippen LogP contribution in [0.4, 0.5) is 23.5 Å². The van der Waals surface area contributed by atoms with Crippen LogP contribution in [0, 0.1) is 0 Å². The first kappa shape index (κ1) is 24.5. The first-order valence-electron chi connectivity index (χ1n) is 11.9. The molecular formula is C27H26ClN7O2. The molecule has 1 aromatic heterocycles. The zero-order valence-electron chi connectivity index (χ0n) is 20.0. The van der Waals surface area contributed by atoms with E-state index in [9.17, 15) is 0 Å². The van der Waals surface area contributed by atoms with Crippen LogP contribution in [-0.4, -0.2) is 47.5 Å². The maximum atomic E-state index is 6.23. The van der Waals surface area contributed by atoms with Gasteiger partial charge in [-0.1, -0.05) is 60.1 Å². The fourth-order valence-corrected chi connectivity index (χ4v) is 3.84. The number of aromatic nitrogens is 3. The van der Waals surface area contributed by atoms with E-state index in [-0.39, 0.29) is 0 Å². The predicted octanol–water partition coefficient (Wildman–Crippen LogP) is 5.13. The van der Waals surface area contributed by atoms with Crippen LogP contribution in [0.15, 0.2) is 84.0 Å². The van der Waals surface area contributed by atoms with E-state index in [0.29, 0.717) is 61.5 Å². The van der Waals surface area contributed by atoms with E-state index in [4.69, 9.17) is 21.1 Å². The van der Waals surface area contributed by atoms with E-state index in [1.54, 1.807) is 6.21 Å². The highest BCUT2D eigenvalue weighted by Crippen LogP contribution is 2.20. The Balaban J connectivity index is 1.28. The number of morpholine rings is 1. The van der Waals surface area contributed by atoms with Gasteiger partial charge in [-0.2, -0.15) is 20.1 Å².